The van der Waals surface area contributed by atoms with E-state index in [1.807, 2.05) is 0 Å². The van der Waals surface area contributed by atoms with Crippen molar-refractivity contribution >= 4 is 40.9 Å². The summed E-state index contributed by atoms with van der Waals surface area (Å²) in [6, 6.07) is 2.89. The van der Waals surface area contributed by atoms with E-state index in [9.17, 15) is 14.7 Å². The number of aliphatic hydroxyl groups excluding tert-OH is 1. The van der Waals surface area contributed by atoms with Gasteiger partial charge in [-0.1, -0.05) is 23.2 Å². The van der Waals surface area contributed by atoms with Crippen molar-refractivity contribution < 1.29 is 19.8 Å². The Kier molecular flexibility index (Phi) is 4.37. The van der Waals surface area contributed by atoms with Crippen molar-refractivity contribution in [3.05, 3.63) is 28.2 Å². The standard InChI is InChI=1S/C12H12Cl2N2O4/c13-8-2-1-6(3-9(8)14)15-12(20)16-5-7(17)4-10(16)11(18)19/h1-3,7,10,17H,4-5H2,(H,15,20)(H,18,19)/t7-,10-/m1/s1. The summed E-state index contributed by atoms with van der Waals surface area (Å²) >= 11 is 11.6. The molecule has 1 aromatic carbocycles. The van der Waals surface area contributed by atoms with E-state index in [1.165, 1.54) is 12.1 Å². The Morgan fingerprint density at radius 2 is 2.00 bits per heavy atom. The molecule has 3 N–H and O–H groups in total. The van der Waals surface area contributed by atoms with Gasteiger partial charge in [-0.05, 0) is 18.2 Å². The molecule has 0 bridgehead atoms. The molecule has 1 heterocycles. The molecule has 1 aliphatic rings. The summed E-state index contributed by atoms with van der Waals surface area (Å²) < 4.78 is 0. The third-order valence-electron chi connectivity index (χ3n) is 3.00. The predicted molar refractivity (Wildman–Crippen MR) is 74.2 cm³/mol. The van der Waals surface area contributed by atoms with Crippen LogP contribution in [0.5, 0.6) is 0 Å². The quantitative estimate of drug-likeness (QED) is 0.778. The molecule has 0 unspecified atom stereocenters. The van der Waals surface area contributed by atoms with Gasteiger partial charge >= 0.3 is 12.0 Å². The number of amides is 2. The summed E-state index contributed by atoms with van der Waals surface area (Å²) in [6.07, 6.45) is -0.819. The minimum Gasteiger partial charge on any atom is -0.480 e. The Morgan fingerprint density at radius 3 is 2.60 bits per heavy atom. The summed E-state index contributed by atoms with van der Waals surface area (Å²) in [5.74, 6) is -1.15. The molecular formula is C12H12Cl2N2O4. The van der Waals surface area contributed by atoms with Crippen molar-refractivity contribution in [2.45, 2.75) is 18.6 Å². The number of β-amino-alcohol motifs (C(OH)–C–C–N with tert-alkyl or cyclic N) is 1. The largest absolute Gasteiger partial charge is 0.480 e. The van der Waals surface area contributed by atoms with Crippen LogP contribution in [0.3, 0.4) is 0 Å². The number of carboxylic acids is 1. The van der Waals surface area contributed by atoms with E-state index in [4.69, 9.17) is 28.3 Å². The summed E-state index contributed by atoms with van der Waals surface area (Å²) in [7, 11) is 0. The average molecular weight is 319 g/mol. The highest BCUT2D eigenvalue weighted by molar-refractivity contribution is 6.42. The number of halogens is 2. The topological polar surface area (TPSA) is 89.9 Å². The number of nitrogens with one attached hydrogen (secondary N) is 1. The van der Waals surface area contributed by atoms with E-state index in [0.29, 0.717) is 10.7 Å². The first-order valence-corrected chi connectivity index (χ1v) is 6.57. The average Bonchev–Trinajstić information content (AvgIpc) is 2.76. The third-order valence-corrected chi connectivity index (χ3v) is 3.73. The summed E-state index contributed by atoms with van der Waals surface area (Å²) in [4.78, 5) is 24.2. The summed E-state index contributed by atoms with van der Waals surface area (Å²) in [6.45, 7) is -0.0237. The predicted octanol–water partition coefficient (Wildman–Crippen LogP) is 2.05. The van der Waals surface area contributed by atoms with E-state index < -0.39 is 24.1 Å². The van der Waals surface area contributed by atoms with E-state index in [0.717, 1.165) is 4.90 Å². The van der Waals surface area contributed by atoms with Gasteiger partial charge in [0, 0.05) is 18.7 Å². The number of benzene rings is 1. The lowest BCUT2D eigenvalue weighted by molar-refractivity contribution is -0.141. The maximum absolute atomic E-state index is 12.0. The number of likely N-dealkylation sites (tertiary alicyclic amines) is 1. The molecule has 0 radical (unpaired) electrons. The van der Waals surface area contributed by atoms with Gasteiger partial charge in [-0.2, -0.15) is 0 Å². The maximum Gasteiger partial charge on any atom is 0.326 e. The van der Waals surface area contributed by atoms with Crippen molar-refractivity contribution in [3.63, 3.8) is 0 Å². The number of aliphatic hydroxyl groups is 1. The molecule has 2 rings (SSSR count). The number of urea groups is 1. The molecule has 1 aliphatic heterocycles. The molecule has 6 nitrogen and oxygen atoms in total. The molecule has 1 saturated heterocycles. The molecule has 2 atom stereocenters. The lowest BCUT2D eigenvalue weighted by Gasteiger charge is -2.21. The Labute approximate surface area is 124 Å². The van der Waals surface area contributed by atoms with Crippen molar-refractivity contribution in [3.8, 4) is 0 Å². The molecule has 0 spiro atoms. The van der Waals surface area contributed by atoms with Crippen LogP contribution in [0.15, 0.2) is 18.2 Å². The van der Waals surface area contributed by atoms with Gasteiger partial charge in [-0.3, -0.25) is 0 Å². The smallest absolute Gasteiger partial charge is 0.326 e. The van der Waals surface area contributed by atoms with E-state index in [-0.39, 0.29) is 18.0 Å². The SMILES string of the molecule is O=C(O)[C@H]1C[C@@H](O)CN1C(=O)Nc1ccc(Cl)c(Cl)c1. The minimum atomic E-state index is -1.15. The van der Waals surface area contributed by atoms with Crippen LogP contribution >= 0.6 is 23.2 Å². The first kappa shape index (κ1) is 14.9. The number of aliphatic carboxylic acids is 1. The van der Waals surface area contributed by atoms with E-state index >= 15 is 0 Å². The normalized spacial score (nSPS) is 21.9. The lowest BCUT2D eigenvalue weighted by Crippen LogP contribution is -2.43. The molecule has 20 heavy (non-hydrogen) atoms. The number of hydrogen-bond donors (Lipinski definition) is 3. The second kappa shape index (κ2) is 5.87. The van der Waals surface area contributed by atoms with Gasteiger partial charge in [0.25, 0.3) is 0 Å². The summed E-state index contributed by atoms with van der Waals surface area (Å²) in [5, 5.41) is 21.7. The fourth-order valence-corrected chi connectivity index (χ4v) is 2.34. The van der Waals surface area contributed by atoms with Gasteiger partial charge < -0.3 is 20.4 Å². The zero-order valence-corrected chi connectivity index (χ0v) is 11.7. The first-order chi connectivity index (χ1) is 9.38. The van der Waals surface area contributed by atoms with Crippen LogP contribution in [-0.4, -0.2) is 45.8 Å². The second-order valence-corrected chi connectivity index (χ2v) is 5.27. The number of carbonyl (C=O) groups excluding carboxylic acids is 1. The van der Waals surface area contributed by atoms with Gasteiger partial charge in [0.1, 0.15) is 6.04 Å². The van der Waals surface area contributed by atoms with Crippen LogP contribution in [0.25, 0.3) is 0 Å². The molecule has 1 aromatic rings. The highest BCUT2D eigenvalue weighted by Crippen LogP contribution is 2.26. The van der Waals surface area contributed by atoms with Crippen LogP contribution in [0.4, 0.5) is 10.5 Å². The van der Waals surface area contributed by atoms with Crippen LogP contribution in [0.2, 0.25) is 10.0 Å². The van der Waals surface area contributed by atoms with E-state index in [2.05, 4.69) is 5.32 Å². The van der Waals surface area contributed by atoms with Crippen LogP contribution in [0, 0.1) is 0 Å². The number of nitrogens with zero attached hydrogens (tertiary/aromatic N) is 1. The molecular weight excluding hydrogens is 307 g/mol. The van der Waals surface area contributed by atoms with Crippen LogP contribution < -0.4 is 5.32 Å². The summed E-state index contributed by atoms with van der Waals surface area (Å²) in [5.41, 5.74) is 0.398. The molecule has 0 aliphatic carbocycles. The van der Waals surface area contributed by atoms with E-state index in [1.54, 1.807) is 6.07 Å². The number of hydrogen-bond acceptors (Lipinski definition) is 3. The number of carboxylic acid groups (broad SMARTS) is 1. The van der Waals surface area contributed by atoms with Gasteiger partial charge in [0.15, 0.2) is 0 Å². The van der Waals surface area contributed by atoms with Crippen LogP contribution in [0.1, 0.15) is 6.42 Å². The maximum atomic E-state index is 12.0. The zero-order valence-electron chi connectivity index (χ0n) is 10.2. The Hall–Kier alpha value is -1.50. The van der Waals surface area contributed by atoms with Crippen LogP contribution in [-0.2, 0) is 4.79 Å². The highest BCUT2D eigenvalue weighted by Gasteiger charge is 2.38. The molecule has 8 heteroatoms. The van der Waals surface area contributed by atoms with Crippen molar-refractivity contribution in [2.75, 3.05) is 11.9 Å². The first-order valence-electron chi connectivity index (χ1n) is 5.82. The highest BCUT2D eigenvalue weighted by atomic mass is 35.5. The monoisotopic (exact) mass is 318 g/mol. The Bertz CT molecular complexity index is 552. The zero-order chi connectivity index (χ0) is 14.9. The molecule has 0 aromatic heterocycles. The number of rotatable bonds is 2. The molecule has 1 fully saturated rings. The Morgan fingerprint density at radius 1 is 1.30 bits per heavy atom. The van der Waals surface area contributed by atoms with Gasteiger partial charge in [-0.15, -0.1) is 0 Å². The molecule has 0 saturated carbocycles. The minimum absolute atomic E-state index is 0.0180. The van der Waals surface area contributed by atoms with Gasteiger partial charge in [0.05, 0.1) is 16.1 Å². The fourth-order valence-electron chi connectivity index (χ4n) is 2.04. The Balaban J connectivity index is 2.11. The van der Waals surface area contributed by atoms with Crippen molar-refractivity contribution in [2.24, 2.45) is 0 Å². The van der Waals surface area contributed by atoms with Crippen molar-refractivity contribution in [1.82, 2.24) is 4.90 Å². The van der Waals surface area contributed by atoms with Gasteiger partial charge in [0.2, 0.25) is 0 Å². The van der Waals surface area contributed by atoms with Crippen molar-refractivity contribution in [1.29, 1.82) is 0 Å². The lowest BCUT2D eigenvalue weighted by atomic mass is 10.2. The molecule has 2 amide bonds. The van der Waals surface area contributed by atoms with Gasteiger partial charge in [-0.25, -0.2) is 9.59 Å². The fraction of sp³-hybridized carbons (Fsp3) is 0.333. The number of carbonyl (C=O) groups is 2. The number of anilines is 1. The third kappa shape index (κ3) is 3.15. The second-order valence-electron chi connectivity index (χ2n) is 4.45. The molecule has 108 valence electrons.